The minimum Gasteiger partial charge on any atom is -0.493 e. The van der Waals surface area contributed by atoms with Crippen molar-refractivity contribution in [3.63, 3.8) is 0 Å². The summed E-state index contributed by atoms with van der Waals surface area (Å²) in [7, 11) is -2.49. The summed E-state index contributed by atoms with van der Waals surface area (Å²) in [6.45, 7) is 2.38. The Morgan fingerprint density at radius 3 is 2.48 bits per heavy atom. The number of benzene rings is 3. The molecule has 0 heterocycles. The zero-order chi connectivity index (χ0) is 24.0. The van der Waals surface area contributed by atoms with Crippen molar-refractivity contribution >= 4 is 33.2 Å². The second-order valence-electron chi connectivity index (χ2n) is 6.86. The molecule has 3 aromatic rings. The zero-order valence-electron chi connectivity index (χ0n) is 17.9. The fraction of sp³-hybridized carbons (Fsp3) is 0.174. The van der Waals surface area contributed by atoms with Gasteiger partial charge >= 0.3 is 0 Å². The van der Waals surface area contributed by atoms with Crippen LogP contribution >= 0.6 is 11.6 Å². The van der Waals surface area contributed by atoms with Gasteiger partial charge in [-0.3, -0.25) is 9.52 Å². The van der Waals surface area contributed by atoms with Crippen molar-refractivity contribution in [1.29, 1.82) is 0 Å². The predicted octanol–water partition coefficient (Wildman–Crippen LogP) is 4.62. The highest BCUT2D eigenvalue weighted by Gasteiger charge is 2.17. The third-order valence-electron chi connectivity index (χ3n) is 4.53. The maximum atomic E-state index is 13.1. The summed E-state index contributed by atoms with van der Waals surface area (Å²) in [6.07, 6.45) is 0. The Kier molecular flexibility index (Phi) is 7.78. The van der Waals surface area contributed by atoms with Crippen LogP contribution in [-0.4, -0.2) is 28.0 Å². The van der Waals surface area contributed by atoms with Crippen LogP contribution in [0.3, 0.4) is 0 Å². The van der Waals surface area contributed by atoms with E-state index in [0.29, 0.717) is 28.7 Å². The number of methoxy groups -OCH3 is 1. The van der Waals surface area contributed by atoms with Crippen LogP contribution in [0.2, 0.25) is 5.02 Å². The summed E-state index contributed by atoms with van der Waals surface area (Å²) in [5.41, 5.74) is 1.03. The molecule has 0 aliphatic rings. The number of carbonyl (C=O) groups is 1. The van der Waals surface area contributed by atoms with Gasteiger partial charge in [0.2, 0.25) is 0 Å². The Labute approximate surface area is 196 Å². The molecule has 2 N–H and O–H groups in total. The van der Waals surface area contributed by atoms with Gasteiger partial charge in [-0.1, -0.05) is 17.7 Å². The minimum atomic E-state index is -3.97. The van der Waals surface area contributed by atoms with Gasteiger partial charge in [0, 0.05) is 17.8 Å². The van der Waals surface area contributed by atoms with Crippen LogP contribution in [0.1, 0.15) is 22.8 Å². The number of anilines is 1. The van der Waals surface area contributed by atoms with E-state index in [1.807, 2.05) is 6.92 Å². The zero-order valence-corrected chi connectivity index (χ0v) is 19.5. The summed E-state index contributed by atoms with van der Waals surface area (Å²) in [4.78, 5) is 12.5. The molecule has 0 aliphatic carbocycles. The molecule has 0 bridgehead atoms. The van der Waals surface area contributed by atoms with E-state index in [9.17, 15) is 17.6 Å². The van der Waals surface area contributed by atoms with E-state index in [2.05, 4.69) is 10.0 Å². The van der Waals surface area contributed by atoms with E-state index in [4.69, 9.17) is 21.1 Å². The summed E-state index contributed by atoms with van der Waals surface area (Å²) in [5, 5.41) is 3.08. The molecule has 174 valence electrons. The normalized spacial score (nSPS) is 11.0. The molecular weight excluding hydrogens is 471 g/mol. The van der Waals surface area contributed by atoms with Crippen molar-refractivity contribution in [3.8, 4) is 11.5 Å². The predicted molar refractivity (Wildman–Crippen MR) is 124 cm³/mol. The van der Waals surface area contributed by atoms with Gasteiger partial charge in [0.25, 0.3) is 15.9 Å². The first-order chi connectivity index (χ1) is 15.7. The fourth-order valence-electron chi connectivity index (χ4n) is 2.98. The van der Waals surface area contributed by atoms with Gasteiger partial charge in [0.15, 0.2) is 11.5 Å². The number of hydrogen-bond donors (Lipinski definition) is 2. The van der Waals surface area contributed by atoms with E-state index >= 15 is 0 Å². The van der Waals surface area contributed by atoms with Crippen LogP contribution in [0.15, 0.2) is 65.6 Å². The Bertz CT molecular complexity index is 1250. The molecular formula is C23H22ClFN2O5S. The smallest absolute Gasteiger partial charge is 0.261 e. The van der Waals surface area contributed by atoms with Gasteiger partial charge in [-0.2, -0.15) is 0 Å². The topological polar surface area (TPSA) is 93.7 Å². The van der Waals surface area contributed by atoms with Crippen molar-refractivity contribution in [1.82, 2.24) is 5.32 Å². The van der Waals surface area contributed by atoms with Crippen LogP contribution in [-0.2, 0) is 16.6 Å². The number of nitrogens with one attached hydrogen (secondary N) is 2. The van der Waals surface area contributed by atoms with Crippen molar-refractivity contribution in [2.24, 2.45) is 0 Å². The second-order valence-corrected chi connectivity index (χ2v) is 8.95. The number of hydrogen-bond acceptors (Lipinski definition) is 5. The molecule has 0 aliphatic heterocycles. The maximum absolute atomic E-state index is 13.1. The SMILES string of the molecule is CCOc1c(Cl)cc(CNC(=O)c2cccc(S(=O)(=O)Nc3ccc(F)cc3)c2)cc1OC. The first kappa shape index (κ1) is 24.3. The van der Waals surface area contributed by atoms with Crippen LogP contribution < -0.4 is 19.5 Å². The van der Waals surface area contributed by atoms with Crippen LogP contribution in [0.4, 0.5) is 10.1 Å². The first-order valence-electron chi connectivity index (χ1n) is 9.89. The monoisotopic (exact) mass is 492 g/mol. The average Bonchev–Trinajstić information content (AvgIpc) is 2.80. The molecule has 1 amide bonds. The molecule has 0 unspecified atom stereocenters. The van der Waals surface area contributed by atoms with Gasteiger partial charge in [-0.05, 0) is 67.1 Å². The third-order valence-corrected chi connectivity index (χ3v) is 6.19. The van der Waals surface area contributed by atoms with Gasteiger partial charge < -0.3 is 14.8 Å². The quantitative estimate of drug-likeness (QED) is 0.454. The highest BCUT2D eigenvalue weighted by molar-refractivity contribution is 7.92. The van der Waals surface area contributed by atoms with E-state index in [0.717, 1.165) is 12.1 Å². The lowest BCUT2D eigenvalue weighted by Gasteiger charge is -2.14. The molecule has 0 atom stereocenters. The standard InChI is InChI=1S/C23H22ClFN2O5S/c1-3-32-22-20(24)11-15(12-21(22)31-2)14-26-23(28)16-5-4-6-19(13-16)33(29,30)27-18-9-7-17(25)8-10-18/h4-13,27H,3,14H2,1-2H3,(H,26,28). The lowest BCUT2D eigenvalue weighted by atomic mass is 10.1. The van der Waals surface area contributed by atoms with Crippen molar-refractivity contribution in [3.05, 3.63) is 82.6 Å². The Morgan fingerprint density at radius 2 is 1.82 bits per heavy atom. The van der Waals surface area contributed by atoms with E-state index in [-0.39, 0.29) is 22.7 Å². The highest BCUT2D eigenvalue weighted by atomic mass is 35.5. The molecule has 3 rings (SSSR count). The van der Waals surface area contributed by atoms with Crippen molar-refractivity contribution < 1.29 is 27.1 Å². The largest absolute Gasteiger partial charge is 0.493 e. The molecule has 7 nitrogen and oxygen atoms in total. The molecule has 0 fully saturated rings. The molecule has 33 heavy (non-hydrogen) atoms. The van der Waals surface area contributed by atoms with E-state index < -0.39 is 21.7 Å². The molecule has 0 saturated carbocycles. The van der Waals surface area contributed by atoms with E-state index in [1.165, 1.54) is 43.5 Å². The molecule has 0 spiro atoms. The Morgan fingerprint density at radius 1 is 1.09 bits per heavy atom. The fourth-order valence-corrected chi connectivity index (χ4v) is 4.37. The van der Waals surface area contributed by atoms with Crippen LogP contribution in [0.5, 0.6) is 11.5 Å². The van der Waals surface area contributed by atoms with Gasteiger partial charge in [0.05, 0.1) is 23.6 Å². The Hall–Kier alpha value is -3.30. The number of ether oxygens (including phenoxy) is 2. The minimum absolute atomic E-state index is 0.106. The number of halogens is 2. The summed E-state index contributed by atoms with van der Waals surface area (Å²) >= 11 is 6.26. The molecule has 0 radical (unpaired) electrons. The lowest BCUT2D eigenvalue weighted by molar-refractivity contribution is 0.0950. The summed E-state index contributed by atoms with van der Waals surface area (Å²) in [6, 6.07) is 13.8. The molecule has 10 heteroatoms. The van der Waals surface area contributed by atoms with Crippen molar-refractivity contribution in [2.75, 3.05) is 18.4 Å². The van der Waals surface area contributed by atoms with Crippen LogP contribution in [0, 0.1) is 5.82 Å². The lowest BCUT2D eigenvalue weighted by Crippen LogP contribution is -2.23. The number of amides is 1. The average molecular weight is 493 g/mol. The van der Waals surface area contributed by atoms with Gasteiger partial charge in [-0.25, -0.2) is 12.8 Å². The summed E-state index contributed by atoms with van der Waals surface area (Å²) in [5.74, 6) is -0.0993. The van der Waals surface area contributed by atoms with Gasteiger partial charge in [0.1, 0.15) is 5.82 Å². The molecule has 0 saturated heterocycles. The summed E-state index contributed by atoms with van der Waals surface area (Å²) < 4.78 is 51.5. The number of rotatable bonds is 9. The van der Waals surface area contributed by atoms with E-state index in [1.54, 1.807) is 12.1 Å². The molecule has 0 aromatic heterocycles. The first-order valence-corrected chi connectivity index (χ1v) is 11.8. The number of carbonyl (C=O) groups excluding carboxylic acids is 1. The molecule has 3 aromatic carbocycles. The third kappa shape index (κ3) is 6.15. The van der Waals surface area contributed by atoms with Gasteiger partial charge in [-0.15, -0.1) is 0 Å². The highest BCUT2D eigenvalue weighted by Crippen LogP contribution is 2.36. The second kappa shape index (κ2) is 10.5. The maximum Gasteiger partial charge on any atom is 0.261 e. The van der Waals surface area contributed by atoms with Crippen LogP contribution in [0.25, 0.3) is 0 Å². The van der Waals surface area contributed by atoms with Crippen molar-refractivity contribution in [2.45, 2.75) is 18.4 Å². The number of sulfonamides is 1. The Balaban J connectivity index is 1.73.